The Balaban J connectivity index is 1.61. The molecule has 0 spiro atoms. The zero-order valence-corrected chi connectivity index (χ0v) is 18.9. The first-order chi connectivity index (χ1) is 15.0. The van der Waals surface area contributed by atoms with E-state index in [1.807, 2.05) is 4.57 Å². The molecular weight excluding hydrogens is 435 g/mol. The highest BCUT2D eigenvalue weighted by atomic mass is 35.5. The van der Waals surface area contributed by atoms with E-state index in [2.05, 4.69) is 22.0 Å². The molecule has 0 saturated carbocycles. The Hall–Kier alpha value is -2.22. The fraction of sp³-hybridized carbons (Fsp3) is 0.348. The van der Waals surface area contributed by atoms with Gasteiger partial charge in [0.2, 0.25) is 0 Å². The van der Waals surface area contributed by atoms with Gasteiger partial charge < -0.3 is 0 Å². The number of nitrogens with zero attached hydrogens (tertiary/aromatic N) is 4. The zero-order valence-electron chi connectivity index (χ0n) is 17.3. The van der Waals surface area contributed by atoms with Crippen LogP contribution in [0.15, 0.2) is 53.7 Å². The zero-order chi connectivity index (χ0) is 21.8. The predicted octanol–water partition coefficient (Wildman–Crippen LogP) is 5.58. The second kappa shape index (κ2) is 9.94. The SMILES string of the molecule is CC(c1nnc(SCC(=O)c2cccc(Cl)c2)n1-c1ccc(F)cc1)N1CCCCC1. The van der Waals surface area contributed by atoms with E-state index in [1.54, 1.807) is 36.4 Å². The summed E-state index contributed by atoms with van der Waals surface area (Å²) in [5.74, 6) is 0.670. The molecule has 31 heavy (non-hydrogen) atoms. The highest BCUT2D eigenvalue weighted by molar-refractivity contribution is 7.99. The average Bonchev–Trinajstić information content (AvgIpc) is 3.22. The summed E-state index contributed by atoms with van der Waals surface area (Å²) in [6.07, 6.45) is 3.59. The van der Waals surface area contributed by atoms with Crippen LogP contribution in [0.2, 0.25) is 5.02 Å². The fourth-order valence-corrected chi connectivity index (χ4v) is 4.87. The number of rotatable bonds is 7. The van der Waals surface area contributed by atoms with Crippen LogP contribution in [0, 0.1) is 5.82 Å². The summed E-state index contributed by atoms with van der Waals surface area (Å²) in [5, 5.41) is 10.0. The van der Waals surface area contributed by atoms with Crippen LogP contribution in [-0.4, -0.2) is 44.3 Å². The summed E-state index contributed by atoms with van der Waals surface area (Å²) in [5.41, 5.74) is 1.35. The normalized spacial score (nSPS) is 15.7. The number of piperidine rings is 1. The van der Waals surface area contributed by atoms with Crippen LogP contribution in [0.1, 0.15) is 48.4 Å². The molecule has 1 aliphatic rings. The summed E-state index contributed by atoms with van der Waals surface area (Å²) in [4.78, 5) is 15.1. The summed E-state index contributed by atoms with van der Waals surface area (Å²) < 4.78 is 15.5. The van der Waals surface area contributed by atoms with Gasteiger partial charge in [-0.25, -0.2) is 4.39 Å². The lowest BCUT2D eigenvalue weighted by molar-refractivity contribution is 0.102. The van der Waals surface area contributed by atoms with E-state index in [4.69, 9.17) is 11.6 Å². The minimum atomic E-state index is -0.298. The largest absolute Gasteiger partial charge is 0.294 e. The van der Waals surface area contributed by atoms with Gasteiger partial charge in [-0.15, -0.1) is 10.2 Å². The lowest BCUT2D eigenvalue weighted by atomic mass is 10.1. The smallest absolute Gasteiger partial charge is 0.196 e. The Morgan fingerprint density at radius 1 is 1.13 bits per heavy atom. The molecule has 1 aromatic heterocycles. The molecule has 2 heterocycles. The van der Waals surface area contributed by atoms with Gasteiger partial charge in [0.1, 0.15) is 5.82 Å². The third-order valence-electron chi connectivity index (χ3n) is 5.53. The number of halogens is 2. The van der Waals surface area contributed by atoms with Gasteiger partial charge in [-0.1, -0.05) is 41.9 Å². The maximum atomic E-state index is 13.5. The first-order valence-corrected chi connectivity index (χ1v) is 11.8. The number of hydrogen-bond acceptors (Lipinski definition) is 5. The number of ketones is 1. The lowest BCUT2D eigenvalue weighted by Gasteiger charge is -2.31. The van der Waals surface area contributed by atoms with Crippen molar-refractivity contribution in [2.45, 2.75) is 37.4 Å². The highest BCUT2D eigenvalue weighted by Crippen LogP contribution is 2.30. The van der Waals surface area contributed by atoms with Crippen molar-refractivity contribution < 1.29 is 9.18 Å². The number of benzene rings is 2. The molecular formula is C23H24ClFN4OS. The third kappa shape index (κ3) is 5.17. The summed E-state index contributed by atoms with van der Waals surface area (Å²) in [6.45, 7) is 4.17. The van der Waals surface area contributed by atoms with Crippen LogP contribution in [0.4, 0.5) is 4.39 Å². The molecule has 162 valence electrons. The molecule has 1 aliphatic heterocycles. The van der Waals surface area contributed by atoms with Gasteiger partial charge in [-0.2, -0.15) is 0 Å². The third-order valence-corrected chi connectivity index (χ3v) is 6.70. The van der Waals surface area contributed by atoms with Crippen LogP contribution in [-0.2, 0) is 0 Å². The monoisotopic (exact) mass is 458 g/mol. The van der Waals surface area contributed by atoms with Gasteiger partial charge in [0.15, 0.2) is 16.8 Å². The minimum Gasteiger partial charge on any atom is -0.294 e. The van der Waals surface area contributed by atoms with Crippen molar-refractivity contribution in [2.75, 3.05) is 18.8 Å². The van der Waals surface area contributed by atoms with E-state index in [9.17, 15) is 9.18 Å². The summed E-state index contributed by atoms with van der Waals surface area (Å²) in [6, 6.07) is 13.3. The number of aromatic nitrogens is 3. The number of carbonyl (C=O) groups excluding carboxylic acids is 1. The number of thioether (sulfide) groups is 1. The summed E-state index contributed by atoms with van der Waals surface area (Å²) >= 11 is 7.34. The van der Waals surface area contributed by atoms with E-state index in [0.29, 0.717) is 15.7 Å². The average molecular weight is 459 g/mol. The van der Waals surface area contributed by atoms with Crippen molar-refractivity contribution >= 4 is 29.1 Å². The van der Waals surface area contributed by atoms with E-state index in [0.717, 1.165) is 24.6 Å². The predicted molar refractivity (Wildman–Crippen MR) is 122 cm³/mol. The first-order valence-electron chi connectivity index (χ1n) is 10.4. The van der Waals surface area contributed by atoms with Crippen LogP contribution in [0.25, 0.3) is 5.69 Å². The molecule has 0 N–H and O–H groups in total. The van der Waals surface area contributed by atoms with Crippen molar-refractivity contribution in [3.05, 3.63) is 70.8 Å². The molecule has 3 aromatic rings. The molecule has 0 amide bonds. The molecule has 8 heteroatoms. The molecule has 1 atom stereocenters. The molecule has 2 aromatic carbocycles. The molecule has 1 saturated heterocycles. The Morgan fingerprint density at radius 3 is 2.58 bits per heavy atom. The number of likely N-dealkylation sites (tertiary alicyclic amines) is 1. The van der Waals surface area contributed by atoms with E-state index in [1.165, 1.54) is 43.2 Å². The van der Waals surface area contributed by atoms with Crippen molar-refractivity contribution in [3.8, 4) is 5.69 Å². The maximum Gasteiger partial charge on any atom is 0.196 e. The second-order valence-corrected chi connectivity index (χ2v) is 9.03. The molecule has 0 aliphatic carbocycles. The Morgan fingerprint density at radius 2 is 1.87 bits per heavy atom. The topological polar surface area (TPSA) is 51.0 Å². The van der Waals surface area contributed by atoms with E-state index in [-0.39, 0.29) is 23.4 Å². The number of hydrogen-bond donors (Lipinski definition) is 0. The van der Waals surface area contributed by atoms with Crippen LogP contribution >= 0.6 is 23.4 Å². The Bertz CT molecular complexity index is 1050. The van der Waals surface area contributed by atoms with Gasteiger partial charge in [-0.05, 0) is 69.3 Å². The van der Waals surface area contributed by atoms with Crippen LogP contribution in [0.3, 0.4) is 0 Å². The molecule has 1 fully saturated rings. The van der Waals surface area contributed by atoms with Gasteiger partial charge in [0, 0.05) is 16.3 Å². The fourth-order valence-electron chi connectivity index (χ4n) is 3.82. The minimum absolute atomic E-state index is 0.0354. The molecule has 0 radical (unpaired) electrons. The van der Waals surface area contributed by atoms with Crippen molar-refractivity contribution in [3.63, 3.8) is 0 Å². The second-order valence-electron chi connectivity index (χ2n) is 7.65. The molecule has 1 unspecified atom stereocenters. The quantitative estimate of drug-likeness (QED) is 0.341. The summed E-state index contributed by atoms with van der Waals surface area (Å²) in [7, 11) is 0. The Labute approximate surface area is 190 Å². The molecule has 0 bridgehead atoms. The van der Waals surface area contributed by atoms with Gasteiger partial charge in [-0.3, -0.25) is 14.3 Å². The van der Waals surface area contributed by atoms with Crippen molar-refractivity contribution in [1.82, 2.24) is 19.7 Å². The van der Waals surface area contributed by atoms with Gasteiger partial charge in [0.25, 0.3) is 0 Å². The lowest BCUT2D eigenvalue weighted by Crippen LogP contribution is -2.33. The van der Waals surface area contributed by atoms with Gasteiger partial charge >= 0.3 is 0 Å². The van der Waals surface area contributed by atoms with Crippen LogP contribution < -0.4 is 0 Å². The number of carbonyl (C=O) groups is 1. The van der Waals surface area contributed by atoms with E-state index >= 15 is 0 Å². The number of Topliss-reactive ketones (excluding diaryl/α,β-unsaturated/α-hetero) is 1. The van der Waals surface area contributed by atoms with E-state index < -0.39 is 0 Å². The maximum absolute atomic E-state index is 13.5. The highest BCUT2D eigenvalue weighted by Gasteiger charge is 2.26. The van der Waals surface area contributed by atoms with Crippen molar-refractivity contribution in [2.24, 2.45) is 0 Å². The standard InChI is InChI=1S/C23H24ClFN4OS/c1-16(28-12-3-2-4-13-28)22-26-27-23(29(22)20-10-8-19(25)9-11-20)31-15-21(30)17-6-5-7-18(24)14-17/h5-11,14,16H,2-4,12-13,15H2,1H3. The van der Waals surface area contributed by atoms with Gasteiger partial charge in [0.05, 0.1) is 11.8 Å². The van der Waals surface area contributed by atoms with Crippen molar-refractivity contribution in [1.29, 1.82) is 0 Å². The first kappa shape index (κ1) is 22.0. The Kier molecular flexibility index (Phi) is 7.05. The molecule has 4 rings (SSSR count). The van der Waals surface area contributed by atoms with Crippen LogP contribution in [0.5, 0.6) is 0 Å². The molecule has 5 nitrogen and oxygen atoms in total.